The molecular weight excluding hydrogens is 453 g/mol. The predicted molar refractivity (Wildman–Crippen MR) is 105 cm³/mol. The molecule has 133 valence electrons. The largest absolute Gasteiger partial charge is 0.386 e. The fraction of sp³-hybridized carbons (Fsp3) is 0.200. The van der Waals surface area contributed by atoms with Crippen molar-refractivity contribution in [3.05, 3.63) is 64.4 Å². The SMILES string of the molecule is N#Cc1cccc2cc(N3C(=O)CSC3COCc3cc[c-]s3)ccc12.[Y]. The van der Waals surface area contributed by atoms with Gasteiger partial charge in [-0.15, -0.1) is 22.0 Å². The van der Waals surface area contributed by atoms with E-state index in [0.717, 1.165) is 21.3 Å². The maximum Gasteiger partial charge on any atom is 0.238 e. The molecule has 3 aromatic rings. The first-order chi connectivity index (χ1) is 12.8. The number of benzene rings is 2. The molecule has 0 bridgehead atoms. The van der Waals surface area contributed by atoms with Crippen molar-refractivity contribution >= 4 is 45.5 Å². The molecule has 0 aliphatic carbocycles. The van der Waals surface area contributed by atoms with Crippen LogP contribution in [0, 0.1) is 16.7 Å². The molecule has 2 aromatic carbocycles. The number of thioether (sulfide) groups is 1. The molecule has 4 nitrogen and oxygen atoms in total. The third kappa shape index (κ3) is 4.44. The van der Waals surface area contributed by atoms with Crippen molar-refractivity contribution in [3.63, 3.8) is 0 Å². The average molecular weight is 468 g/mol. The van der Waals surface area contributed by atoms with Gasteiger partial charge in [0.05, 0.1) is 24.0 Å². The maximum absolute atomic E-state index is 12.4. The number of carbonyl (C=O) groups is 1. The van der Waals surface area contributed by atoms with Gasteiger partial charge in [-0.1, -0.05) is 18.2 Å². The quantitative estimate of drug-likeness (QED) is 0.527. The number of carbonyl (C=O) groups excluding carboxylic acids is 1. The molecule has 1 aliphatic heterocycles. The van der Waals surface area contributed by atoms with Crippen LogP contribution in [0.4, 0.5) is 5.69 Å². The summed E-state index contributed by atoms with van der Waals surface area (Å²) in [5, 5.41) is 14.1. The van der Waals surface area contributed by atoms with Crippen molar-refractivity contribution in [3.8, 4) is 6.07 Å². The van der Waals surface area contributed by atoms with Gasteiger partial charge in [0, 0.05) is 45.0 Å². The summed E-state index contributed by atoms with van der Waals surface area (Å²) in [5.74, 6) is 0.542. The summed E-state index contributed by atoms with van der Waals surface area (Å²) in [7, 11) is 0. The minimum atomic E-state index is -0.0389. The number of rotatable bonds is 5. The van der Waals surface area contributed by atoms with Crippen LogP contribution in [0.2, 0.25) is 0 Å². The Morgan fingerprint density at radius 2 is 2.19 bits per heavy atom. The fourth-order valence-corrected chi connectivity index (χ4v) is 4.65. The summed E-state index contributed by atoms with van der Waals surface area (Å²) < 4.78 is 5.82. The maximum atomic E-state index is 12.4. The van der Waals surface area contributed by atoms with E-state index in [1.807, 2.05) is 47.4 Å². The van der Waals surface area contributed by atoms with Gasteiger partial charge in [0.25, 0.3) is 0 Å². The van der Waals surface area contributed by atoms with Crippen LogP contribution in [0.15, 0.2) is 48.5 Å². The first kappa shape index (κ1) is 20.5. The zero-order valence-electron chi connectivity index (χ0n) is 14.4. The molecule has 27 heavy (non-hydrogen) atoms. The molecule has 1 unspecified atom stereocenters. The van der Waals surface area contributed by atoms with Crippen molar-refractivity contribution in [2.24, 2.45) is 0 Å². The molecular formula is C20H15N2O2S2Y-. The summed E-state index contributed by atoms with van der Waals surface area (Å²) in [5.41, 5.74) is 1.49. The molecule has 2 heterocycles. The van der Waals surface area contributed by atoms with Gasteiger partial charge in [-0.25, -0.2) is 0 Å². The van der Waals surface area contributed by atoms with E-state index in [2.05, 4.69) is 11.4 Å². The van der Waals surface area contributed by atoms with E-state index in [1.54, 1.807) is 29.2 Å². The Hall–Kier alpha value is -1.23. The minimum Gasteiger partial charge on any atom is -0.386 e. The van der Waals surface area contributed by atoms with Crippen LogP contribution in [0.3, 0.4) is 0 Å². The molecule has 7 heteroatoms. The van der Waals surface area contributed by atoms with Gasteiger partial charge < -0.3 is 4.74 Å². The Labute approximate surface area is 191 Å². The molecule has 4 rings (SSSR count). The molecule has 1 aromatic heterocycles. The minimum absolute atomic E-state index is 0. The Morgan fingerprint density at radius 1 is 1.30 bits per heavy atom. The van der Waals surface area contributed by atoms with Crippen molar-refractivity contribution < 1.29 is 42.2 Å². The Kier molecular flexibility index (Phi) is 7.07. The molecule has 0 spiro atoms. The average Bonchev–Trinajstić information content (AvgIpc) is 3.31. The van der Waals surface area contributed by atoms with E-state index >= 15 is 0 Å². The van der Waals surface area contributed by atoms with Crippen LogP contribution >= 0.6 is 23.1 Å². The number of ether oxygens (including phenoxy) is 1. The van der Waals surface area contributed by atoms with E-state index in [1.165, 1.54) is 0 Å². The molecule has 1 radical (unpaired) electrons. The Bertz CT molecular complexity index is 985. The zero-order valence-corrected chi connectivity index (χ0v) is 18.9. The van der Waals surface area contributed by atoms with E-state index in [0.29, 0.717) is 24.5 Å². The van der Waals surface area contributed by atoms with Crippen LogP contribution < -0.4 is 4.90 Å². The first-order valence-electron chi connectivity index (χ1n) is 8.15. The van der Waals surface area contributed by atoms with Crippen LogP contribution in [0.1, 0.15) is 10.4 Å². The first-order valence-corrected chi connectivity index (χ1v) is 10.0. The number of hydrogen-bond donors (Lipinski definition) is 0. The smallest absolute Gasteiger partial charge is 0.238 e. The van der Waals surface area contributed by atoms with Gasteiger partial charge in [-0.05, 0) is 29.0 Å². The third-order valence-electron chi connectivity index (χ3n) is 4.25. The summed E-state index contributed by atoms with van der Waals surface area (Å²) in [6, 6.07) is 17.5. The number of nitrogens with zero attached hydrogens (tertiary/aromatic N) is 2. The van der Waals surface area contributed by atoms with Crippen molar-refractivity contribution in [1.29, 1.82) is 5.26 Å². The van der Waals surface area contributed by atoms with E-state index < -0.39 is 0 Å². The van der Waals surface area contributed by atoms with Gasteiger partial charge in [0.1, 0.15) is 5.37 Å². The molecule has 1 saturated heterocycles. The van der Waals surface area contributed by atoms with Gasteiger partial charge in [0.15, 0.2) is 0 Å². The molecule has 1 atom stereocenters. The predicted octanol–water partition coefficient (Wildman–Crippen LogP) is 4.19. The van der Waals surface area contributed by atoms with Crippen molar-refractivity contribution in [2.75, 3.05) is 17.3 Å². The summed E-state index contributed by atoms with van der Waals surface area (Å²) in [4.78, 5) is 15.4. The van der Waals surface area contributed by atoms with Crippen LogP contribution in [-0.2, 0) is 48.8 Å². The number of amides is 1. The number of hydrogen-bond acceptors (Lipinski definition) is 5. The van der Waals surface area contributed by atoms with Crippen LogP contribution in [0.5, 0.6) is 0 Å². The normalized spacial score (nSPS) is 16.3. The summed E-state index contributed by atoms with van der Waals surface area (Å²) in [6.07, 6.45) is 0. The number of fused-ring (bicyclic) bond motifs is 1. The molecule has 0 N–H and O–H groups in total. The summed E-state index contributed by atoms with van der Waals surface area (Å²) >= 11 is 3.14. The van der Waals surface area contributed by atoms with Crippen molar-refractivity contribution in [2.45, 2.75) is 12.0 Å². The Balaban J connectivity index is 0.00000210. The second-order valence-corrected chi connectivity index (χ2v) is 8.02. The molecule has 1 fully saturated rings. The van der Waals surface area contributed by atoms with Crippen LogP contribution in [0.25, 0.3) is 10.8 Å². The second kappa shape index (κ2) is 9.31. The van der Waals surface area contributed by atoms with E-state index in [-0.39, 0.29) is 44.0 Å². The zero-order chi connectivity index (χ0) is 17.9. The molecule has 1 aliphatic rings. The number of nitriles is 1. The van der Waals surface area contributed by atoms with Gasteiger partial charge in [-0.2, -0.15) is 17.4 Å². The standard InChI is InChI=1S/C20H15N2O2S2.Y/c21-10-15-4-1-3-14-9-16(6-7-18(14)15)22-19(23)13-26-20(22)12-24-11-17-5-2-8-25-17;/h1-7,9,20H,11-13H2;/q-1;. The topological polar surface area (TPSA) is 53.3 Å². The fourth-order valence-electron chi connectivity index (χ4n) is 3.03. The Morgan fingerprint density at radius 3 is 2.96 bits per heavy atom. The number of thiophene rings is 1. The summed E-state index contributed by atoms with van der Waals surface area (Å²) in [6.45, 7) is 1.01. The monoisotopic (exact) mass is 468 g/mol. The van der Waals surface area contributed by atoms with Crippen LogP contribution in [-0.4, -0.2) is 23.6 Å². The number of anilines is 1. The van der Waals surface area contributed by atoms with E-state index in [4.69, 9.17) is 4.74 Å². The van der Waals surface area contributed by atoms with E-state index in [9.17, 15) is 10.1 Å². The van der Waals surface area contributed by atoms with Crippen molar-refractivity contribution in [1.82, 2.24) is 0 Å². The van der Waals surface area contributed by atoms with Gasteiger partial charge >= 0.3 is 0 Å². The van der Waals surface area contributed by atoms with Gasteiger partial charge in [-0.3, -0.25) is 21.0 Å². The van der Waals surface area contributed by atoms with Gasteiger partial charge in [0.2, 0.25) is 5.91 Å². The second-order valence-electron chi connectivity index (χ2n) is 5.89. The molecule has 1 amide bonds. The molecule has 0 saturated carbocycles. The third-order valence-corrected chi connectivity index (χ3v) is 6.17.